The lowest BCUT2D eigenvalue weighted by atomic mass is 10.1. The van der Waals surface area contributed by atoms with Crippen molar-refractivity contribution < 1.29 is 13.2 Å². The van der Waals surface area contributed by atoms with Gasteiger partial charge in [0, 0.05) is 25.4 Å². The van der Waals surface area contributed by atoms with Crippen LogP contribution in [0.2, 0.25) is 0 Å². The van der Waals surface area contributed by atoms with Crippen LogP contribution in [0.3, 0.4) is 0 Å². The van der Waals surface area contributed by atoms with Gasteiger partial charge in [-0.1, -0.05) is 12.1 Å². The normalized spacial score (nSPS) is 21.2. The fourth-order valence-electron chi connectivity index (χ4n) is 2.40. The number of nitrogen functional groups attached to an aromatic ring is 1. The number of benzene rings is 1. The fraction of sp³-hybridized carbons (Fsp3) is 0.571. The molecule has 2 rings (SSSR count). The average Bonchev–Trinajstić information content (AvgIpc) is 2.89. The van der Waals surface area contributed by atoms with E-state index in [0.29, 0.717) is 12.3 Å². The summed E-state index contributed by atoms with van der Waals surface area (Å²) >= 11 is 0. The molecule has 0 saturated carbocycles. The van der Waals surface area contributed by atoms with Gasteiger partial charge in [-0.3, -0.25) is 0 Å². The van der Waals surface area contributed by atoms with Crippen molar-refractivity contribution in [3.8, 4) is 0 Å². The summed E-state index contributed by atoms with van der Waals surface area (Å²) in [7, 11) is -1.73. The second kappa shape index (κ2) is 6.11. The van der Waals surface area contributed by atoms with E-state index in [-0.39, 0.29) is 17.9 Å². The van der Waals surface area contributed by atoms with E-state index in [1.807, 2.05) is 25.1 Å². The minimum absolute atomic E-state index is 0.0517. The number of anilines is 1. The Balaban J connectivity index is 2.10. The Morgan fingerprint density at radius 2 is 2.25 bits per heavy atom. The van der Waals surface area contributed by atoms with E-state index >= 15 is 0 Å². The van der Waals surface area contributed by atoms with Crippen LogP contribution in [0.4, 0.5) is 5.69 Å². The Bertz CT molecular complexity index is 553. The molecule has 0 bridgehead atoms. The lowest BCUT2D eigenvalue weighted by Crippen LogP contribution is -2.35. The average molecular weight is 298 g/mol. The minimum atomic E-state index is -3.34. The largest absolute Gasteiger partial charge is 0.399 e. The Hall–Kier alpha value is -1.11. The molecule has 2 unspecified atom stereocenters. The minimum Gasteiger partial charge on any atom is -0.399 e. The topological polar surface area (TPSA) is 72.6 Å². The molecule has 1 heterocycles. The van der Waals surface area contributed by atoms with Crippen LogP contribution in [0.25, 0.3) is 0 Å². The molecule has 6 heteroatoms. The molecule has 0 amide bonds. The number of sulfonamides is 1. The maximum Gasteiger partial charge on any atom is 0.216 e. The van der Waals surface area contributed by atoms with Crippen LogP contribution in [0.5, 0.6) is 0 Å². The summed E-state index contributed by atoms with van der Waals surface area (Å²) in [6, 6.07) is 7.07. The maximum atomic E-state index is 12.4. The molecule has 1 fully saturated rings. The molecule has 1 aromatic carbocycles. The molecule has 2 atom stereocenters. The summed E-state index contributed by atoms with van der Waals surface area (Å²) in [5, 5.41) is 0. The van der Waals surface area contributed by atoms with Crippen LogP contribution in [0.15, 0.2) is 24.3 Å². The molecule has 112 valence electrons. The standard InChI is InChI=1S/C14H22N2O3S/c1-11(12-5-3-6-13(15)9-12)16(2)20(17,18)10-14-7-4-8-19-14/h3,5-6,9,11,14H,4,7-8,10,15H2,1-2H3. The molecular weight excluding hydrogens is 276 g/mol. The second-order valence-electron chi connectivity index (χ2n) is 5.28. The highest BCUT2D eigenvalue weighted by Gasteiger charge is 2.29. The zero-order chi connectivity index (χ0) is 14.8. The van der Waals surface area contributed by atoms with Crippen molar-refractivity contribution in [3.05, 3.63) is 29.8 Å². The number of nitrogens with zero attached hydrogens (tertiary/aromatic N) is 1. The first-order valence-corrected chi connectivity index (χ1v) is 8.44. The van der Waals surface area contributed by atoms with Crippen LogP contribution in [0, 0.1) is 0 Å². The van der Waals surface area contributed by atoms with Gasteiger partial charge in [-0.15, -0.1) is 0 Å². The Labute approximate surface area is 120 Å². The first-order chi connectivity index (χ1) is 9.40. The summed E-state index contributed by atoms with van der Waals surface area (Å²) in [6.45, 7) is 2.52. The van der Waals surface area contributed by atoms with Gasteiger partial charge in [0.25, 0.3) is 0 Å². The van der Waals surface area contributed by atoms with Crippen LogP contribution < -0.4 is 5.73 Å². The third kappa shape index (κ3) is 3.50. The second-order valence-corrected chi connectivity index (χ2v) is 7.35. The van der Waals surface area contributed by atoms with Crippen molar-refractivity contribution in [1.82, 2.24) is 4.31 Å². The Morgan fingerprint density at radius 1 is 1.50 bits per heavy atom. The third-order valence-corrected chi connectivity index (χ3v) is 5.78. The van der Waals surface area contributed by atoms with E-state index in [2.05, 4.69) is 0 Å². The fourth-order valence-corrected chi connectivity index (χ4v) is 3.97. The molecule has 0 aliphatic carbocycles. The van der Waals surface area contributed by atoms with Crippen molar-refractivity contribution in [2.24, 2.45) is 0 Å². The van der Waals surface area contributed by atoms with Gasteiger partial charge >= 0.3 is 0 Å². The number of rotatable bonds is 5. The van der Waals surface area contributed by atoms with Gasteiger partial charge in [-0.05, 0) is 37.5 Å². The van der Waals surface area contributed by atoms with E-state index in [4.69, 9.17) is 10.5 Å². The van der Waals surface area contributed by atoms with Crippen molar-refractivity contribution in [1.29, 1.82) is 0 Å². The van der Waals surface area contributed by atoms with Gasteiger partial charge in [-0.2, -0.15) is 4.31 Å². The van der Waals surface area contributed by atoms with Gasteiger partial charge in [0.15, 0.2) is 0 Å². The molecule has 5 nitrogen and oxygen atoms in total. The molecule has 1 saturated heterocycles. The number of hydrogen-bond donors (Lipinski definition) is 1. The molecule has 1 aliphatic heterocycles. The van der Waals surface area contributed by atoms with E-state index in [1.165, 1.54) is 4.31 Å². The molecule has 0 aromatic heterocycles. The molecule has 20 heavy (non-hydrogen) atoms. The smallest absolute Gasteiger partial charge is 0.216 e. The van der Waals surface area contributed by atoms with E-state index in [9.17, 15) is 8.42 Å². The summed E-state index contributed by atoms with van der Waals surface area (Å²) in [5.74, 6) is 0.0517. The first kappa shape index (κ1) is 15.3. The molecular formula is C14H22N2O3S. The highest BCUT2D eigenvalue weighted by molar-refractivity contribution is 7.89. The summed E-state index contributed by atoms with van der Waals surface area (Å²) in [6.07, 6.45) is 1.59. The molecule has 2 N–H and O–H groups in total. The predicted molar refractivity (Wildman–Crippen MR) is 79.8 cm³/mol. The van der Waals surface area contributed by atoms with Crippen molar-refractivity contribution in [2.45, 2.75) is 31.9 Å². The van der Waals surface area contributed by atoms with E-state index < -0.39 is 10.0 Å². The van der Waals surface area contributed by atoms with E-state index in [1.54, 1.807) is 13.1 Å². The quantitative estimate of drug-likeness (QED) is 0.841. The Kier molecular flexibility index (Phi) is 4.67. The third-order valence-electron chi connectivity index (χ3n) is 3.80. The first-order valence-electron chi connectivity index (χ1n) is 6.83. The van der Waals surface area contributed by atoms with Gasteiger partial charge in [-0.25, -0.2) is 8.42 Å². The molecule has 0 spiro atoms. The van der Waals surface area contributed by atoms with Crippen LogP contribution in [-0.4, -0.2) is 38.2 Å². The maximum absolute atomic E-state index is 12.4. The summed E-state index contributed by atoms with van der Waals surface area (Å²) in [4.78, 5) is 0. The number of hydrogen-bond acceptors (Lipinski definition) is 4. The lowest BCUT2D eigenvalue weighted by molar-refractivity contribution is 0.126. The zero-order valence-corrected chi connectivity index (χ0v) is 12.8. The van der Waals surface area contributed by atoms with Gasteiger partial charge in [0.2, 0.25) is 10.0 Å². The van der Waals surface area contributed by atoms with Gasteiger partial charge in [0.05, 0.1) is 11.9 Å². The van der Waals surface area contributed by atoms with Gasteiger partial charge < -0.3 is 10.5 Å². The van der Waals surface area contributed by atoms with Crippen LogP contribution in [0.1, 0.15) is 31.4 Å². The van der Waals surface area contributed by atoms with E-state index in [0.717, 1.165) is 18.4 Å². The predicted octanol–water partition coefficient (Wildman–Crippen LogP) is 1.77. The van der Waals surface area contributed by atoms with Crippen LogP contribution in [-0.2, 0) is 14.8 Å². The van der Waals surface area contributed by atoms with Crippen molar-refractivity contribution in [2.75, 3.05) is 25.1 Å². The highest BCUT2D eigenvalue weighted by atomic mass is 32.2. The molecule has 0 radical (unpaired) electrons. The van der Waals surface area contributed by atoms with Crippen LogP contribution >= 0.6 is 0 Å². The highest BCUT2D eigenvalue weighted by Crippen LogP contribution is 2.25. The number of ether oxygens (including phenoxy) is 1. The van der Waals surface area contributed by atoms with Crippen molar-refractivity contribution >= 4 is 15.7 Å². The summed E-state index contributed by atoms with van der Waals surface area (Å²) < 4.78 is 31.6. The van der Waals surface area contributed by atoms with Crippen molar-refractivity contribution in [3.63, 3.8) is 0 Å². The zero-order valence-electron chi connectivity index (χ0n) is 12.0. The summed E-state index contributed by atoms with van der Waals surface area (Å²) in [5.41, 5.74) is 7.28. The SMILES string of the molecule is CC(c1cccc(N)c1)N(C)S(=O)(=O)CC1CCCO1. The van der Waals surface area contributed by atoms with Gasteiger partial charge in [0.1, 0.15) is 0 Å². The number of nitrogens with two attached hydrogens (primary N) is 1. The molecule has 1 aliphatic rings. The molecule has 1 aromatic rings. The lowest BCUT2D eigenvalue weighted by Gasteiger charge is -2.26. The Morgan fingerprint density at radius 3 is 2.85 bits per heavy atom. The monoisotopic (exact) mass is 298 g/mol.